The van der Waals surface area contributed by atoms with E-state index in [4.69, 9.17) is 18.9 Å². The molecular formula is C24H36O7. The molecule has 7 heteroatoms. The van der Waals surface area contributed by atoms with Crippen LogP contribution < -0.4 is 0 Å². The number of fused-ring (bicyclic) bond motifs is 2. The van der Waals surface area contributed by atoms with Crippen LogP contribution in [0.15, 0.2) is 12.2 Å². The number of aliphatic hydroxyl groups is 1. The highest BCUT2D eigenvalue weighted by atomic mass is 16.6. The molecule has 0 aromatic heterocycles. The predicted molar refractivity (Wildman–Crippen MR) is 112 cm³/mol. The molecule has 11 atom stereocenters. The Labute approximate surface area is 184 Å². The Bertz CT molecular complexity index is 750. The van der Waals surface area contributed by atoms with Crippen molar-refractivity contribution in [2.24, 2.45) is 29.6 Å². The fourth-order valence-corrected chi connectivity index (χ4v) is 6.72. The van der Waals surface area contributed by atoms with Crippen LogP contribution in [0.1, 0.15) is 53.9 Å². The predicted octanol–water partition coefficient (Wildman–Crippen LogP) is 2.64. The fourth-order valence-electron chi connectivity index (χ4n) is 6.72. The van der Waals surface area contributed by atoms with Crippen LogP contribution in [-0.4, -0.2) is 59.8 Å². The molecule has 3 saturated heterocycles. The summed E-state index contributed by atoms with van der Waals surface area (Å²) in [5.74, 6) is 0.201. The van der Waals surface area contributed by atoms with Gasteiger partial charge in [0.15, 0.2) is 0 Å². The summed E-state index contributed by atoms with van der Waals surface area (Å²) < 4.78 is 24.8. The van der Waals surface area contributed by atoms with Gasteiger partial charge in [-0.1, -0.05) is 20.4 Å². The molecule has 4 rings (SSSR count). The lowest BCUT2D eigenvalue weighted by Gasteiger charge is -2.47. The van der Waals surface area contributed by atoms with Gasteiger partial charge in [0.05, 0.1) is 24.9 Å². The van der Waals surface area contributed by atoms with Gasteiger partial charge in [-0.25, -0.2) is 0 Å². The lowest BCUT2D eigenvalue weighted by Crippen LogP contribution is -2.57. The monoisotopic (exact) mass is 436 g/mol. The standard InChI is InChI=1S/C24H36O7/c1-11-8-18-21-20-16(7-12(2)22(21)30-15(5)26)13(3)10-28-24(6,23(20)31-18)19(9-17(11)27)29-14(4)25/h12-13,16-23,27H,1,7-10H2,2-6H3/t12-,13+,16+,17-,18?,19-,20+,21+,22-,23+,24+/m1/s1. The molecule has 4 fully saturated rings. The second-order valence-electron chi connectivity index (χ2n) is 10.4. The van der Waals surface area contributed by atoms with Gasteiger partial charge < -0.3 is 24.1 Å². The first kappa shape index (κ1) is 22.7. The van der Waals surface area contributed by atoms with Crippen molar-refractivity contribution in [2.75, 3.05) is 6.61 Å². The Morgan fingerprint density at radius 2 is 1.77 bits per heavy atom. The van der Waals surface area contributed by atoms with E-state index in [0.29, 0.717) is 24.5 Å². The number of hydrogen-bond donors (Lipinski definition) is 1. The van der Waals surface area contributed by atoms with Crippen LogP contribution >= 0.6 is 0 Å². The number of carbonyl (C=O) groups is 2. The number of hydrogen-bond acceptors (Lipinski definition) is 7. The molecule has 1 N–H and O–H groups in total. The maximum atomic E-state index is 12.0. The van der Waals surface area contributed by atoms with Gasteiger partial charge in [-0.05, 0) is 43.1 Å². The van der Waals surface area contributed by atoms with Crippen molar-refractivity contribution in [3.63, 3.8) is 0 Å². The summed E-state index contributed by atoms with van der Waals surface area (Å²) in [6.45, 7) is 13.7. The molecule has 1 aliphatic carbocycles. The number of ether oxygens (including phenoxy) is 4. The largest absolute Gasteiger partial charge is 0.462 e. The van der Waals surface area contributed by atoms with Crippen LogP contribution in [0.25, 0.3) is 0 Å². The molecule has 7 nitrogen and oxygen atoms in total. The Balaban J connectivity index is 1.83. The van der Waals surface area contributed by atoms with E-state index in [1.54, 1.807) is 0 Å². The fraction of sp³-hybridized carbons (Fsp3) is 0.833. The Morgan fingerprint density at radius 1 is 1.10 bits per heavy atom. The highest BCUT2D eigenvalue weighted by Gasteiger charge is 2.65. The lowest BCUT2D eigenvalue weighted by atomic mass is 9.59. The minimum absolute atomic E-state index is 0.0221. The van der Waals surface area contributed by atoms with Crippen LogP contribution in [0.4, 0.5) is 0 Å². The second kappa shape index (κ2) is 8.16. The summed E-state index contributed by atoms with van der Waals surface area (Å²) in [7, 11) is 0. The molecule has 4 aliphatic rings. The van der Waals surface area contributed by atoms with Crippen molar-refractivity contribution in [2.45, 2.75) is 90.0 Å². The quantitative estimate of drug-likeness (QED) is 0.526. The minimum Gasteiger partial charge on any atom is -0.462 e. The van der Waals surface area contributed by atoms with Crippen LogP contribution in [0.3, 0.4) is 0 Å². The molecule has 0 amide bonds. The van der Waals surface area contributed by atoms with Gasteiger partial charge in [0.25, 0.3) is 0 Å². The Kier molecular flexibility index (Phi) is 5.99. The zero-order chi connectivity index (χ0) is 22.7. The van der Waals surface area contributed by atoms with E-state index in [1.807, 2.05) is 6.92 Å². The Morgan fingerprint density at radius 3 is 2.42 bits per heavy atom. The molecule has 0 spiro atoms. The number of esters is 2. The molecule has 3 heterocycles. The van der Waals surface area contributed by atoms with E-state index in [-0.39, 0.29) is 54.4 Å². The van der Waals surface area contributed by atoms with Crippen molar-refractivity contribution >= 4 is 11.9 Å². The molecule has 2 bridgehead atoms. The van der Waals surface area contributed by atoms with Crippen LogP contribution in [0.5, 0.6) is 0 Å². The normalized spacial score (nSPS) is 49.3. The van der Waals surface area contributed by atoms with Gasteiger partial charge in [-0.3, -0.25) is 9.59 Å². The maximum absolute atomic E-state index is 12.0. The van der Waals surface area contributed by atoms with Gasteiger partial charge in [-0.2, -0.15) is 0 Å². The van der Waals surface area contributed by atoms with Crippen molar-refractivity contribution in [3.8, 4) is 0 Å². The summed E-state index contributed by atoms with van der Waals surface area (Å²) in [6.07, 6.45) is -0.711. The van der Waals surface area contributed by atoms with E-state index < -0.39 is 23.8 Å². The summed E-state index contributed by atoms with van der Waals surface area (Å²) in [4.78, 5) is 23.9. The van der Waals surface area contributed by atoms with Crippen molar-refractivity contribution < 1.29 is 33.6 Å². The lowest BCUT2D eigenvalue weighted by molar-refractivity contribution is -0.204. The van der Waals surface area contributed by atoms with Crippen LogP contribution in [-0.2, 0) is 28.5 Å². The average molecular weight is 437 g/mol. The first-order chi connectivity index (χ1) is 14.5. The third-order valence-electron chi connectivity index (χ3n) is 8.20. The smallest absolute Gasteiger partial charge is 0.303 e. The van der Waals surface area contributed by atoms with Gasteiger partial charge in [0.1, 0.15) is 17.8 Å². The molecule has 0 aromatic rings. The van der Waals surface area contributed by atoms with Crippen molar-refractivity contribution in [3.05, 3.63) is 12.2 Å². The van der Waals surface area contributed by atoms with E-state index in [9.17, 15) is 14.7 Å². The zero-order valence-corrected chi connectivity index (χ0v) is 19.2. The number of aliphatic hydroxyl groups excluding tert-OH is 1. The average Bonchev–Trinajstić information content (AvgIpc) is 3.02. The first-order valence-electron chi connectivity index (χ1n) is 11.5. The third-order valence-corrected chi connectivity index (χ3v) is 8.20. The van der Waals surface area contributed by atoms with Crippen LogP contribution in [0.2, 0.25) is 0 Å². The maximum Gasteiger partial charge on any atom is 0.303 e. The number of carbonyl (C=O) groups excluding carboxylic acids is 2. The molecule has 0 aromatic carbocycles. The molecular weight excluding hydrogens is 400 g/mol. The molecule has 3 aliphatic heterocycles. The van der Waals surface area contributed by atoms with Crippen molar-refractivity contribution in [1.82, 2.24) is 0 Å². The van der Waals surface area contributed by atoms with E-state index >= 15 is 0 Å². The SMILES string of the molecule is C=C1CC2O[C@H]3[C@H]4[C@@H](C[C@@H](C)[C@@H](OC(C)=O)[C@@H]24)[C@@H](C)CO[C@@]3(C)[C@H](OC(C)=O)C[C@H]1O. The van der Waals surface area contributed by atoms with Gasteiger partial charge in [0, 0.05) is 32.1 Å². The zero-order valence-electron chi connectivity index (χ0n) is 19.2. The molecule has 0 radical (unpaired) electrons. The summed E-state index contributed by atoms with van der Waals surface area (Å²) in [5.41, 5.74) is -0.270. The van der Waals surface area contributed by atoms with E-state index in [1.165, 1.54) is 13.8 Å². The van der Waals surface area contributed by atoms with Crippen LogP contribution in [0, 0.1) is 29.6 Å². The highest BCUT2D eigenvalue weighted by molar-refractivity contribution is 5.66. The summed E-state index contributed by atoms with van der Waals surface area (Å²) in [5, 5.41) is 10.9. The van der Waals surface area contributed by atoms with Crippen molar-refractivity contribution in [1.29, 1.82) is 0 Å². The second-order valence-corrected chi connectivity index (χ2v) is 10.4. The highest BCUT2D eigenvalue weighted by Crippen LogP contribution is 2.58. The molecule has 1 saturated carbocycles. The summed E-state index contributed by atoms with van der Waals surface area (Å²) in [6, 6.07) is 0. The molecule has 1 unspecified atom stereocenters. The molecule has 31 heavy (non-hydrogen) atoms. The van der Waals surface area contributed by atoms with E-state index in [2.05, 4.69) is 20.4 Å². The number of rotatable bonds is 2. The minimum atomic E-state index is -0.917. The van der Waals surface area contributed by atoms with Gasteiger partial charge >= 0.3 is 11.9 Å². The van der Waals surface area contributed by atoms with Gasteiger partial charge in [-0.15, -0.1) is 0 Å². The first-order valence-corrected chi connectivity index (χ1v) is 11.5. The third kappa shape index (κ3) is 3.83. The Hall–Kier alpha value is -1.44. The topological polar surface area (TPSA) is 91.3 Å². The van der Waals surface area contributed by atoms with Gasteiger partial charge in [0.2, 0.25) is 0 Å². The summed E-state index contributed by atoms with van der Waals surface area (Å²) >= 11 is 0. The molecule has 174 valence electrons. The van der Waals surface area contributed by atoms with E-state index in [0.717, 1.165) is 6.42 Å².